The summed E-state index contributed by atoms with van der Waals surface area (Å²) in [5.74, 6) is -5.98. The molecule has 0 heterocycles. The second-order valence-corrected chi connectivity index (χ2v) is 7.17. The van der Waals surface area contributed by atoms with Gasteiger partial charge in [0.15, 0.2) is 0 Å². The third-order valence-electron chi connectivity index (χ3n) is 3.36. The van der Waals surface area contributed by atoms with Gasteiger partial charge in [0.25, 0.3) is 0 Å². The van der Waals surface area contributed by atoms with E-state index in [1.54, 1.807) is 20.8 Å². The molecule has 0 aliphatic rings. The van der Waals surface area contributed by atoms with Gasteiger partial charge in [0, 0.05) is 0 Å². The van der Waals surface area contributed by atoms with Crippen molar-refractivity contribution in [2.24, 2.45) is 23.7 Å². The van der Waals surface area contributed by atoms with Crippen molar-refractivity contribution in [1.82, 2.24) is 0 Å². The number of ketones is 3. The summed E-state index contributed by atoms with van der Waals surface area (Å²) in [7, 11) is 0. The Kier molecular flexibility index (Phi) is 24.1. The van der Waals surface area contributed by atoms with Crippen LogP contribution < -0.4 is 0 Å². The Bertz CT molecular complexity index is 458. The third-order valence-corrected chi connectivity index (χ3v) is 3.62. The summed E-state index contributed by atoms with van der Waals surface area (Å²) in [6.45, 7) is 13.0. The Morgan fingerprint density at radius 2 is 0.833 bits per heavy atom. The maximum atomic E-state index is 10.2. The van der Waals surface area contributed by atoms with Gasteiger partial charge in [-0.15, -0.1) is 0 Å². The molecule has 0 aromatic carbocycles. The van der Waals surface area contributed by atoms with E-state index in [9.17, 15) is 28.8 Å². The van der Waals surface area contributed by atoms with Crippen LogP contribution in [0.2, 0.25) is 0 Å². The Balaban J connectivity index is -0.000000151. The Morgan fingerprint density at radius 3 is 0.833 bits per heavy atom. The SMILES string of the molecule is CC(=O)C(C)C(=O)O.CC(=O)C(C)C(=O)O.CC(=O)C(C)C(=O)O.CC(C)C[O][Ti]. The second kappa shape index (κ2) is 20.4. The molecule has 0 fully saturated rings. The maximum absolute atomic E-state index is 10.2. The molecular formula is C19H33O10Ti. The number of rotatable bonds is 8. The Morgan fingerprint density at radius 1 is 0.633 bits per heavy atom. The molecule has 0 aromatic heterocycles. The van der Waals surface area contributed by atoms with Crippen molar-refractivity contribution in [2.75, 3.05) is 6.61 Å². The number of carboxylic acid groups (broad SMARTS) is 3. The van der Waals surface area contributed by atoms with Crippen LogP contribution in [0.1, 0.15) is 55.4 Å². The van der Waals surface area contributed by atoms with E-state index in [1.807, 2.05) is 0 Å². The summed E-state index contributed by atoms with van der Waals surface area (Å²) in [5.41, 5.74) is 0. The van der Waals surface area contributed by atoms with Crippen molar-refractivity contribution in [1.29, 1.82) is 0 Å². The van der Waals surface area contributed by atoms with Gasteiger partial charge in [0.2, 0.25) is 0 Å². The van der Waals surface area contributed by atoms with Gasteiger partial charge in [0.05, 0.1) is 0 Å². The minimum atomic E-state index is -1.06. The number of hydrogen-bond acceptors (Lipinski definition) is 7. The van der Waals surface area contributed by atoms with Crippen LogP contribution in [0.3, 0.4) is 0 Å². The number of hydrogen-bond donors (Lipinski definition) is 3. The van der Waals surface area contributed by atoms with Crippen molar-refractivity contribution < 1.29 is 68.2 Å². The van der Waals surface area contributed by atoms with E-state index in [4.69, 9.17) is 18.6 Å². The summed E-state index contributed by atoms with van der Waals surface area (Å²) in [5, 5.41) is 24.4. The molecular weight excluding hydrogens is 436 g/mol. The quantitative estimate of drug-likeness (QED) is 0.353. The van der Waals surface area contributed by atoms with Crippen molar-refractivity contribution in [3.05, 3.63) is 0 Å². The zero-order valence-corrected chi connectivity index (χ0v) is 20.3. The average molecular weight is 469 g/mol. The van der Waals surface area contributed by atoms with Crippen LogP contribution in [-0.2, 0) is 52.9 Å². The fourth-order valence-corrected chi connectivity index (χ4v) is 1.21. The molecule has 0 saturated carbocycles. The predicted molar refractivity (Wildman–Crippen MR) is 103 cm³/mol. The molecule has 0 radical (unpaired) electrons. The van der Waals surface area contributed by atoms with Crippen molar-refractivity contribution in [2.45, 2.75) is 55.4 Å². The van der Waals surface area contributed by atoms with E-state index in [2.05, 4.69) is 13.8 Å². The molecule has 0 spiro atoms. The van der Waals surface area contributed by atoms with Crippen molar-refractivity contribution in [3.63, 3.8) is 0 Å². The van der Waals surface area contributed by atoms with E-state index in [1.165, 1.54) is 41.5 Å². The Hall–Kier alpha value is -1.91. The van der Waals surface area contributed by atoms with E-state index >= 15 is 0 Å². The molecule has 0 aliphatic carbocycles. The van der Waals surface area contributed by atoms with Crippen molar-refractivity contribution in [3.8, 4) is 0 Å². The molecule has 3 N–H and O–H groups in total. The first-order valence-corrected chi connectivity index (χ1v) is 9.55. The van der Waals surface area contributed by atoms with E-state index < -0.39 is 35.7 Å². The van der Waals surface area contributed by atoms with Gasteiger partial charge in [-0.2, -0.15) is 0 Å². The summed E-state index contributed by atoms with van der Waals surface area (Å²) in [6, 6.07) is 0. The van der Waals surface area contributed by atoms with Gasteiger partial charge in [-0.05, 0) is 41.5 Å². The molecule has 0 saturated heterocycles. The fourth-order valence-electron chi connectivity index (χ4n) is 0.688. The Labute approximate surface area is 189 Å². The first kappa shape index (κ1) is 35.5. The van der Waals surface area contributed by atoms with Gasteiger partial charge in [-0.25, -0.2) is 0 Å². The number of carboxylic acids is 3. The summed E-state index contributed by atoms with van der Waals surface area (Å²) >= 11 is 1.72. The molecule has 173 valence electrons. The van der Waals surface area contributed by atoms with Gasteiger partial charge in [-0.1, -0.05) is 0 Å². The third kappa shape index (κ3) is 26.1. The number of Topliss-reactive ketones (excluding diaryl/α,β-unsaturated/α-hetero) is 3. The monoisotopic (exact) mass is 469 g/mol. The van der Waals surface area contributed by atoms with Gasteiger partial charge >= 0.3 is 68.4 Å². The van der Waals surface area contributed by atoms with Crippen LogP contribution in [0.15, 0.2) is 0 Å². The standard InChI is InChI=1S/3C5H8O3.C4H9O.Ti/c3*1-3(4(2)6)5(7)8;1-4(2)3-5;/h3*3H,1-2H3,(H,7,8);4H,3H2,1-2H3;/q;;;-1;+1. The van der Waals surface area contributed by atoms with E-state index in [-0.39, 0.29) is 17.3 Å². The van der Waals surface area contributed by atoms with Crippen LogP contribution in [-0.4, -0.2) is 57.2 Å². The normalized spacial score (nSPS) is 12.1. The molecule has 10 nitrogen and oxygen atoms in total. The molecule has 0 aliphatic heterocycles. The molecule has 0 aromatic rings. The summed E-state index contributed by atoms with van der Waals surface area (Å²) in [4.78, 5) is 60.4. The molecule has 11 heteroatoms. The zero-order valence-electron chi connectivity index (χ0n) is 18.7. The van der Waals surface area contributed by atoms with Crippen LogP contribution in [0.25, 0.3) is 0 Å². The van der Waals surface area contributed by atoms with Gasteiger partial charge < -0.3 is 15.3 Å². The fraction of sp³-hybridized carbons (Fsp3) is 0.684. The average Bonchev–Trinajstić information content (AvgIpc) is 2.60. The van der Waals surface area contributed by atoms with Gasteiger partial charge in [0.1, 0.15) is 35.1 Å². The molecule has 0 amide bonds. The van der Waals surface area contributed by atoms with E-state index in [0.29, 0.717) is 5.92 Å². The molecule has 0 rings (SSSR count). The van der Waals surface area contributed by atoms with Crippen LogP contribution in [0.4, 0.5) is 0 Å². The first-order chi connectivity index (χ1) is 13.4. The number of aliphatic carboxylic acids is 3. The molecule has 3 unspecified atom stereocenters. The van der Waals surface area contributed by atoms with E-state index in [0.717, 1.165) is 6.61 Å². The predicted octanol–water partition coefficient (Wildman–Crippen LogP) is 2.01. The van der Waals surface area contributed by atoms with Crippen molar-refractivity contribution >= 4 is 35.3 Å². The molecule has 3 atom stereocenters. The molecule has 0 bridgehead atoms. The van der Waals surface area contributed by atoms with Crippen LogP contribution >= 0.6 is 0 Å². The summed E-state index contributed by atoms with van der Waals surface area (Å²) < 4.78 is 4.80. The van der Waals surface area contributed by atoms with Crippen LogP contribution in [0, 0.1) is 23.7 Å². The zero-order chi connectivity index (χ0) is 25.2. The summed E-state index contributed by atoms with van der Waals surface area (Å²) in [6.07, 6.45) is 0. The van der Waals surface area contributed by atoms with Gasteiger partial charge in [-0.3, -0.25) is 28.8 Å². The first-order valence-electron chi connectivity index (χ1n) is 8.92. The van der Waals surface area contributed by atoms with Crippen LogP contribution in [0.5, 0.6) is 0 Å². The molecule has 30 heavy (non-hydrogen) atoms. The minimum absolute atomic E-state index is 0.308. The second-order valence-electron chi connectivity index (χ2n) is 6.72. The number of carbonyl (C=O) groups excluding carboxylic acids is 3. The topological polar surface area (TPSA) is 172 Å². The number of carbonyl (C=O) groups is 6.